The molecule has 8 heteroatoms. The number of nitrogens with zero attached hydrogens (tertiary/aromatic N) is 2. The highest BCUT2D eigenvalue weighted by atomic mass is 16.5. The summed E-state index contributed by atoms with van der Waals surface area (Å²) in [6.07, 6.45) is 3.39. The molecule has 0 spiro atoms. The summed E-state index contributed by atoms with van der Waals surface area (Å²) in [6, 6.07) is 6.94. The number of hydrogen-bond donors (Lipinski definition) is 2. The lowest BCUT2D eigenvalue weighted by atomic mass is 10.1. The molecule has 2 saturated heterocycles. The largest absolute Gasteiger partial charge is 0.497 e. The van der Waals surface area contributed by atoms with E-state index in [1.54, 1.807) is 7.11 Å². The van der Waals surface area contributed by atoms with Gasteiger partial charge >= 0.3 is 6.03 Å². The third-order valence-corrected chi connectivity index (χ3v) is 5.99. The summed E-state index contributed by atoms with van der Waals surface area (Å²) in [5, 5.41) is 5.68. The zero-order valence-electron chi connectivity index (χ0n) is 17.9. The number of nitrogens with one attached hydrogen (secondary N) is 2. The van der Waals surface area contributed by atoms with Gasteiger partial charge in [-0.25, -0.2) is 4.79 Å². The van der Waals surface area contributed by atoms with Gasteiger partial charge in [0, 0.05) is 25.6 Å². The number of likely N-dealkylation sites (tertiary alicyclic amines) is 1. The first-order chi connectivity index (χ1) is 14.5. The number of ether oxygens (including phenoxy) is 1. The lowest BCUT2D eigenvalue weighted by Crippen LogP contribution is -2.40. The quantitative estimate of drug-likeness (QED) is 0.565. The van der Waals surface area contributed by atoms with Gasteiger partial charge in [0.05, 0.1) is 7.11 Å². The molecule has 1 aromatic carbocycles. The lowest BCUT2D eigenvalue weighted by molar-refractivity contribution is -0.127. The van der Waals surface area contributed by atoms with Crippen LogP contribution in [-0.4, -0.2) is 73.0 Å². The van der Waals surface area contributed by atoms with Gasteiger partial charge in [0.15, 0.2) is 0 Å². The second-order valence-electron chi connectivity index (χ2n) is 7.86. The fraction of sp³-hybridized carbons (Fsp3) is 0.591. The van der Waals surface area contributed by atoms with Gasteiger partial charge in [0.2, 0.25) is 5.91 Å². The number of benzene rings is 1. The second kappa shape index (κ2) is 10.4. The van der Waals surface area contributed by atoms with Crippen molar-refractivity contribution in [3.8, 4) is 5.75 Å². The number of amides is 4. The number of hydrogen-bond acceptors (Lipinski definition) is 5. The van der Waals surface area contributed by atoms with E-state index in [-0.39, 0.29) is 24.3 Å². The average molecular weight is 417 g/mol. The van der Waals surface area contributed by atoms with Crippen LogP contribution in [-0.2, 0) is 16.0 Å². The van der Waals surface area contributed by atoms with Gasteiger partial charge < -0.3 is 15.4 Å². The molecule has 2 aliphatic rings. The van der Waals surface area contributed by atoms with Crippen molar-refractivity contribution in [3.05, 3.63) is 29.8 Å². The van der Waals surface area contributed by atoms with Crippen molar-refractivity contribution < 1.29 is 19.1 Å². The van der Waals surface area contributed by atoms with E-state index in [4.69, 9.17) is 4.74 Å². The normalized spacial score (nSPS) is 21.7. The molecule has 0 aliphatic carbocycles. The molecular formula is C22H32N4O4. The molecule has 8 nitrogen and oxygen atoms in total. The summed E-state index contributed by atoms with van der Waals surface area (Å²) in [5.74, 6) is 0.438. The first-order valence-electron chi connectivity index (χ1n) is 10.8. The second-order valence-corrected chi connectivity index (χ2v) is 7.86. The maximum Gasteiger partial charge on any atom is 0.324 e. The number of carbonyl (C=O) groups excluding carboxylic acids is 3. The van der Waals surface area contributed by atoms with Crippen LogP contribution in [0.5, 0.6) is 5.75 Å². The van der Waals surface area contributed by atoms with Gasteiger partial charge in [-0.05, 0) is 56.5 Å². The summed E-state index contributed by atoms with van der Waals surface area (Å²) in [7, 11) is 1.61. The van der Waals surface area contributed by atoms with Gasteiger partial charge in [-0.3, -0.25) is 19.4 Å². The maximum absolute atomic E-state index is 12.6. The molecule has 0 aromatic heterocycles. The number of carbonyl (C=O) groups is 3. The third kappa shape index (κ3) is 5.50. The van der Waals surface area contributed by atoms with Crippen molar-refractivity contribution in [1.29, 1.82) is 0 Å². The van der Waals surface area contributed by atoms with E-state index >= 15 is 0 Å². The van der Waals surface area contributed by atoms with E-state index in [0.717, 1.165) is 30.8 Å². The van der Waals surface area contributed by atoms with Crippen LogP contribution in [0.4, 0.5) is 4.79 Å². The average Bonchev–Trinajstić information content (AvgIpc) is 3.33. The molecule has 1 aromatic rings. The number of imide groups is 1. The Balaban J connectivity index is 1.41. The van der Waals surface area contributed by atoms with Gasteiger partial charge in [-0.1, -0.05) is 19.1 Å². The highest BCUT2D eigenvalue weighted by Crippen LogP contribution is 2.17. The van der Waals surface area contributed by atoms with Crippen LogP contribution in [0, 0.1) is 0 Å². The van der Waals surface area contributed by atoms with Gasteiger partial charge in [0.25, 0.3) is 5.91 Å². The number of likely N-dealkylation sites (N-methyl/N-ethyl adjacent to an activating group) is 1. The Hall–Kier alpha value is -2.61. The van der Waals surface area contributed by atoms with E-state index < -0.39 is 6.04 Å². The highest BCUT2D eigenvalue weighted by Gasteiger charge is 2.37. The van der Waals surface area contributed by atoms with E-state index in [1.807, 2.05) is 24.3 Å². The Morgan fingerprint density at radius 2 is 2.03 bits per heavy atom. The van der Waals surface area contributed by atoms with Crippen molar-refractivity contribution in [2.75, 3.05) is 33.3 Å². The zero-order valence-corrected chi connectivity index (χ0v) is 17.9. The van der Waals surface area contributed by atoms with Crippen molar-refractivity contribution >= 4 is 17.8 Å². The molecule has 164 valence electrons. The van der Waals surface area contributed by atoms with Crippen molar-refractivity contribution in [3.63, 3.8) is 0 Å². The summed E-state index contributed by atoms with van der Waals surface area (Å²) >= 11 is 0. The van der Waals surface area contributed by atoms with Gasteiger partial charge in [0.1, 0.15) is 11.8 Å². The summed E-state index contributed by atoms with van der Waals surface area (Å²) in [6.45, 7) is 5.18. The van der Waals surface area contributed by atoms with Gasteiger partial charge in [-0.15, -0.1) is 0 Å². The molecule has 3 rings (SSSR count). The molecule has 2 atom stereocenters. The standard InChI is InChI=1S/C22H32N4O4/c1-3-25-13-4-5-17(25)15-23-20(27)11-10-19-21(28)26(22(29)24-19)14-12-16-6-8-18(30-2)9-7-16/h6-9,17,19H,3-5,10-15H2,1-2H3,(H,23,27)(H,24,29)/t17-,19-/m1/s1. The van der Waals surface area contributed by atoms with Gasteiger partial charge in [-0.2, -0.15) is 0 Å². The minimum atomic E-state index is -0.627. The fourth-order valence-electron chi connectivity index (χ4n) is 4.16. The molecule has 30 heavy (non-hydrogen) atoms. The predicted molar refractivity (Wildman–Crippen MR) is 113 cm³/mol. The molecule has 0 bridgehead atoms. The Morgan fingerprint density at radius 3 is 2.73 bits per heavy atom. The Bertz CT molecular complexity index is 752. The van der Waals surface area contributed by atoms with E-state index in [0.29, 0.717) is 32.0 Å². The molecule has 2 fully saturated rings. The molecule has 4 amide bonds. The molecule has 0 unspecified atom stereocenters. The van der Waals surface area contributed by atoms with Crippen LogP contribution in [0.25, 0.3) is 0 Å². The van der Waals surface area contributed by atoms with Crippen LogP contribution in [0.1, 0.15) is 38.2 Å². The third-order valence-electron chi connectivity index (χ3n) is 5.99. The maximum atomic E-state index is 12.6. The van der Waals surface area contributed by atoms with Crippen LogP contribution in [0.15, 0.2) is 24.3 Å². The minimum Gasteiger partial charge on any atom is -0.497 e. The monoisotopic (exact) mass is 416 g/mol. The summed E-state index contributed by atoms with van der Waals surface area (Å²) in [5.41, 5.74) is 1.02. The fourth-order valence-corrected chi connectivity index (χ4v) is 4.16. The van der Waals surface area contributed by atoms with Crippen LogP contribution < -0.4 is 15.4 Å². The first kappa shape index (κ1) is 22.1. The molecule has 2 aliphatic heterocycles. The summed E-state index contributed by atoms with van der Waals surface area (Å²) < 4.78 is 5.13. The Kier molecular flexibility index (Phi) is 7.68. The molecule has 0 radical (unpaired) electrons. The SMILES string of the molecule is CCN1CCC[C@@H]1CNC(=O)CC[C@H]1NC(=O)N(CCc2ccc(OC)cc2)C1=O. The van der Waals surface area contributed by atoms with Crippen molar-refractivity contribution in [2.24, 2.45) is 0 Å². The van der Waals surface area contributed by atoms with E-state index in [2.05, 4.69) is 22.5 Å². The molecular weight excluding hydrogens is 384 g/mol. The number of urea groups is 1. The smallest absolute Gasteiger partial charge is 0.324 e. The minimum absolute atomic E-state index is 0.0725. The van der Waals surface area contributed by atoms with Crippen LogP contribution in [0.3, 0.4) is 0 Å². The van der Waals surface area contributed by atoms with Crippen LogP contribution >= 0.6 is 0 Å². The summed E-state index contributed by atoms with van der Waals surface area (Å²) in [4.78, 5) is 40.6. The predicted octanol–water partition coefficient (Wildman–Crippen LogP) is 1.54. The Morgan fingerprint density at radius 1 is 1.27 bits per heavy atom. The molecule has 2 N–H and O–H groups in total. The van der Waals surface area contributed by atoms with Crippen LogP contribution in [0.2, 0.25) is 0 Å². The van der Waals surface area contributed by atoms with E-state index in [9.17, 15) is 14.4 Å². The topological polar surface area (TPSA) is 91.0 Å². The zero-order chi connectivity index (χ0) is 21.5. The van der Waals surface area contributed by atoms with Crippen molar-refractivity contribution in [2.45, 2.75) is 51.1 Å². The van der Waals surface area contributed by atoms with Crippen molar-refractivity contribution in [1.82, 2.24) is 20.4 Å². The number of rotatable bonds is 10. The lowest BCUT2D eigenvalue weighted by Gasteiger charge is -2.22. The molecule has 2 heterocycles. The molecule has 0 saturated carbocycles. The first-order valence-corrected chi connectivity index (χ1v) is 10.8. The van der Waals surface area contributed by atoms with E-state index in [1.165, 1.54) is 11.3 Å². The number of methoxy groups -OCH3 is 1. The highest BCUT2D eigenvalue weighted by molar-refractivity contribution is 6.04. The Labute approximate surface area is 177 Å².